The molecule has 30 heavy (non-hydrogen) atoms. The van der Waals surface area contributed by atoms with Crippen molar-refractivity contribution in [3.8, 4) is 0 Å². The Kier molecular flexibility index (Phi) is 10.9. The molecule has 0 radical (unpaired) electrons. The van der Waals surface area contributed by atoms with Crippen molar-refractivity contribution in [3.05, 3.63) is 71.3 Å². The van der Waals surface area contributed by atoms with E-state index in [1.54, 1.807) is 26.0 Å². The van der Waals surface area contributed by atoms with E-state index in [-0.39, 0.29) is 35.3 Å². The summed E-state index contributed by atoms with van der Waals surface area (Å²) in [4.78, 5) is 18.0. The molecule has 2 aromatic carbocycles. The molecular formula is C24H35IN4O. The molecule has 164 valence electrons. The second-order valence-corrected chi connectivity index (χ2v) is 8.33. The van der Waals surface area contributed by atoms with Crippen LogP contribution in [0.1, 0.15) is 35.3 Å². The lowest BCUT2D eigenvalue weighted by Crippen LogP contribution is -2.43. The second-order valence-electron chi connectivity index (χ2n) is 8.33. The van der Waals surface area contributed by atoms with Crippen LogP contribution in [-0.4, -0.2) is 51.0 Å². The van der Waals surface area contributed by atoms with Crippen molar-refractivity contribution < 1.29 is 4.79 Å². The number of rotatable bonds is 8. The van der Waals surface area contributed by atoms with E-state index in [0.717, 1.165) is 43.0 Å². The van der Waals surface area contributed by atoms with Gasteiger partial charge >= 0.3 is 0 Å². The Balaban J connectivity index is 0.00000450. The quantitative estimate of drug-likeness (QED) is 0.313. The number of nitrogens with one attached hydrogen (secondary N) is 2. The number of carbonyl (C=O) groups is 1. The molecule has 2 rings (SSSR count). The van der Waals surface area contributed by atoms with Gasteiger partial charge in [-0.15, -0.1) is 24.0 Å². The zero-order valence-corrected chi connectivity index (χ0v) is 21.1. The number of hydrogen-bond donors (Lipinski definition) is 2. The summed E-state index contributed by atoms with van der Waals surface area (Å²) >= 11 is 0. The maximum absolute atomic E-state index is 12.1. The third-order valence-corrected chi connectivity index (χ3v) is 4.77. The normalized spacial score (nSPS) is 11.4. The number of hydrogen-bond acceptors (Lipinski definition) is 2. The molecule has 0 bridgehead atoms. The molecule has 2 N–H and O–H groups in total. The van der Waals surface area contributed by atoms with E-state index in [0.29, 0.717) is 0 Å². The number of aliphatic imine (C=N–C) groups is 1. The molecule has 0 saturated heterocycles. The van der Waals surface area contributed by atoms with Crippen LogP contribution in [0.5, 0.6) is 0 Å². The van der Waals surface area contributed by atoms with Gasteiger partial charge in [-0.3, -0.25) is 9.79 Å². The molecule has 0 heterocycles. The minimum atomic E-state index is 0. The highest BCUT2D eigenvalue weighted by Crippen LogP contribution is 2.20. The first kappa shape index (κ1) is 25.9. The zero-order chi connectivity index (χ0) is 21.3. The molecule has 6 heteroatoms. The summed E-state index contributed by atoms with van der Waals surface area (Å²) in [6.45, 7) is 6.09. The van der Waals surface area contributed by atoms with Crippen LogP contribution in [0.2, 0.25) is 0 Å². The van der Waals surface area contributed by atoms with E-state index in [2.05, 4.69) is 53.7 Å². The Bertz CT molecular complexity index is 819. The van der Waals surface area contributed by atoms with Crippen LogP contribution in [0.3, 0.4) is 0 Å². The number of guanidine groups is 1. The van der Waals surface area contributed by atoms with Crippen molar-refractivity contribution in [1.82, 2.24) is 15.5 Å². The summed E-state index contributed by atoms with van der Waals surface area (Å²) in [6.07, 6.45) is 1.83. The maximum Gasteiger partial charge on any atom is 0.253 e. The van der Waals surface area contributed by atoms with Crippen molar-refractivity contribution in [3.63, 3.8) is 0 Å². The summed E-state index contributed by atoms with van der Waals surface area (Å²) in [5.41, 5.74) is 3.30. The average molecular weight is 522 g/mol. The number of nitrogens with zero attached hydrogens (tertiary/aromatic N) is 2. The minimum Gasteiger partial charge on any atom is -0.356 e. The molecular weight excluding hydrogens is 487 g/mol. The first-order valence-electron chi connectivity index (χ1n) is 10.1. The van der Waals surface area contributed by atoms with Gasteiger partial charge in [-0.25, -0.2) is 0 Å². The van der Waals surface area contributed by atoms with E-state index < -0.39 is 0 Å². The van der Waals surface area contributed by atoms with Crippen LogP contribution in [0, 0.1) is 5.41 Å². The van der Waals surface area contributed by atoms with Gasteiger partial charge in [-0.2, -0.15) is 0 Å². The van der Waals surface area contributed by atoms with Gasteiger partial charge in [0.05, 0.1) is 0 Å². The Morgan fingerprint density at radius 2 is 1.67 bits per heavy atom. The van der Waals surface area contributed by atoms with Gasteiger partial charge in [0.1, 0.15) is 0 Å². The molecule has 0 aliphatic rings. The molecule has 0 atom stereocenters. The Hall–Kier alpha value is -2.09. The fourth-order valence-electron chi connectivity index (χ4n) is 3.20. The van der Waals surface area contributed by atoms with Gasteiger partial charge in [-0.05, 0) is 41.5 Å². The molecule has 0 aliphatic heterocycles. The number of carbonyl (C=O) groups excluding carboxylic acids is 1. The monoisotopic (exact) mass is 522 g/mol. The van der Waals surface area contributed by atoms with Crippen molar-refractivity contribution in [1.29, 1.82) is 0 Å². The maximum atomic E-state index is 12.1. The second kappa shape index (κ2) is 12.6. The fraction of sp³-hybridized carbons (Fsp3) is 0.417. The topological polar surface area (TPSA) is 56.7 Å². The van der Waals surface area contributed by atoms with Crippen LogP contribution in [0.25, 0.3) is 0 Å². The highest BCUT2D eigenvalue weighted by Gasteiger charge is 2.19. The third kappa shape index (κ3) is 8.73. The van der Waals surface area contributed by atoms with Crippen molar-refractivity contribution >= 4 is 35.8 Å². The summed E-state index contributed by atoms with van der Waals surface area (Å²) < 4.78 is 0. The predicted molar refractivity (Wildman–Crippen MR) is 137 cm³/mol. The molecule has 2 aromatic rings. The summed E-state index contributed by atoms with van der Waals surface area (Å²) in [5.74, 6) is 0.824. The Morgan fingerprint density at radius 1 is 1.00 bits per heavy atom. The van der Waals surface area contributed by atoms with E-state index in [1.165, 1.54) is 5.56 Å². The molecule has 0 unspecified atom stereocenters. The Morgan fingerprint density at radius 3 is 2.30 bits per heavy atom. The third-order valence-electron chi connectivity index (χ3n) is 4.77. The van der Waals surface area contributed by atoms with E-state index >= 15 is 0 Å². The van der Waals surface area contributed by atoms with Gasteiger partial charge in [-0.1, -0.05) is 56.3 Å². The lowest BCUT2D eigenvalue weighted by atomic mass is 9.86. The van der Waals surface area contributed by atoms with Crippen LogP contribution < -0.4 is 10.6 Å². The summed E-state index contributed by atoms with van der Waals surface area (Å²) in [5, 5.41) is 6.81. The lowest BCUT2D eigenvalue weighted by molar-refractivity contribution is 0.0827. The van der Waals surface area contributed by atoms with E-state index in [4.69, 9.17) is 0 Å². The highest BCUT2D eigenvalue weighted by molar-refractivity contribution is 14.0. The number of benzene rings is 2. The number of halogens is 1. The molecule has 0 saturated carbocycles. The summed E-state index contributed by atoms with van der Waals surface area (Å²) in [6, 6.07) is 18.4. The van der Waals surface area contributed by atoms with Crippen LogP contribution in [0.15, 0.2) is 59.6 Å². The molecule has 0 spiro atoms. The first-order chi connectivity index (χ1) is 13.8. The Labute approximate surface area is 198 Å². The van der Waals surface area contributed by atoms with Gasteiger partial charge in [0.15, 0.2) is 5.96 Å². The van der Waals surface area contributed by atoms with Gasteiger partial charge in [0.2, 0.25) is 0 Å². The number of amides is 1. The molecule has 1 amide bonds. The van der Waals surface area contributed by atoms with Crippen LogP contribution in [0.4, 0.5) is 0 Å². The fourth-order valence-corrected chi connectivity index (χ4v) is 3.20. The van der Waals surface area contributed by atoms with Crippen LogP contribution >= 0.6 is 24.0 Å². The summed E-state index contributed by atoms with van der Waals surface area (Å²) in [7, 11) is 5.33. The van der Waals surface area contributed by atoms with Crippen molar-refractivity contribution in [2.45, 2.75) is 26.7 Å². The van der Waals surface area contributed by atoms with Crippen molar-refractivity contribution in [2.24, 2.45) is 10.4 Å². The SMILES string of the molecule is CN=C(NCCc1cccc(C(=O)N(C)C)c1)NCC(C)(C)Cc1ccccc1.I. The van der Waals surface area contributed by atoms with Gasteiger partial charge in [0, 0.05) is 39.8 Å². The van der Waals surface area contributed by atoms with E-state index in [1.807, 2.05) is 30.3 Å². The van der Waals surface area contributed by atoms with Crippen molar-refractivity contribution in [2.75, 3.05) is 34.2 Å². The first-order valence-corrected chi connectivity index (χ1v) is 10.1. The standard InChI is InChI=1S/C24H34N4O.HI/c1-24(2,17-20-10-7-6-8-11-20)18-27-23(25-3)26-15-14-19-12-9-13-21(16-19)22(29)28(4)5;/h6-13,16H,14-15,17-18H2,1-5H3,(H2,25,26,27);1H. The molecule has 5 nitrogen and oxygen atoms in total. The van der Waals surface area contributed by atoms with Gasteiger partial charge < -0.3 is 15.5 Å². The van der Waals surface area contributed by atoms with E-state index in [9.17, 15) is 4.79 Å². The highest BCUT2D eigenvalue weighted by atomic mass is 127. The van der Waals surface area contributed by atoms with Gasteiger partial charge in [0.25, 0.3) is 5.91 Å². The lowest BCUT2D eigenvalue weighted by Gasteiger charge is -2.26. The molecule has 0 aliphatic carbocycles. The predicted octanol–water partition coefficient (Wildman–Crippen LogP) is 3.98. The smallest absolute Gasteiger partial charge is 0.253 e. The molecule has 0 aromatic heterocycles. The molecule has 0 fully saturated rings. The minimum absolute atomic E-state index is 0. The largest absolute Gasteiger partial charge is 0.356 e. The zero-order valence-electron chi connectivity index (χ0n) is 18.7. The van der Waals surface area contributed by atoms with Crippen LogP contribution in [-0.2, 0) is 12.8 Å². The average Bonchev–Trinajstić information content (AvgIpc) is 2.70.